The third kappa shape index (κ3) is 3.19. The minimum Gasteiger partial charge on any atom is -0.477 e. The predicted molar refractivity (Wildman–Crippen MR) is 84.2 cm³/mol. The Morgan fingerprint density at radius 3 is 2.60 bits per heavy atom. The van der Waals surface area contributed by atoms with Crippen LogP contribution in [0.15, 0.2) is 16.8 Å². The molecule has 1 N–H and O–H groups in total. The molecule has 2 heterocycles. The van der Waals surface area contributed by atoms with E-state index in [0.717, 1.165) is 11.7 Å². The van der Waals surface area contributed by atoms with Crippen molar-refractivity contribution in [1.82, 2.24) is 4.98 Å². The highest BCUT2D eigenvalue weighted by Crippen LogP contribution is 2.34. The monoisotopic (exact) mass is 310 g/mol. The molecule has 0 aliphatic carbocycles. The zero-order valence-corrected chi connectivity index (χ0v) is 13.6. The zero-order chi connectivity index (χ0) is 14.9. The normalized spacial score (nSPS) is 11.6. The summed E-state index contributed by atoms with van der Waals surface area (Å²) in [7, 11) is 1.94. The first-order chi connectivity index (χ1) is 9.29. The summed E-state index contributed by atoms with van der Waals surface area (Å²) in [6.07, 6.45) is 0. The number of aromatic nitrogens is 1. The minimum atomic E-state index is -0.900. The Bertz CT molecular complexity index is 597. The maximum Gasteiger partial charge on any atom is 0.347 e. The van der Waals surface area contributed by atoms with Crippen LogP contribution in [0.25, 0.3) is 0 Å². The van der Waals surface area contributed by atoms with Crippen LogP contribution in [0, 0.1) is 0 Å². The number of aromatic carboxylic acids is 1. The maximum absolute atomic E-state index is 11.4. The van der Waals surface area contributed by atoms with Crippen LogP contribution >= 0.6 is 22.7 Å². The van der Waals surface area contributed by atoms with E-state index < -0.39 is 5.97 Å². The van der Waals surface area contributed by atoms with Gasteiger partial charge in [0.05, 0.1) is 5.69 Å². The quantitative estimate of drug-likeness (QED) is 0.932. The molecule has 6 heteroatoms. The summed E-state index contributed by atoms with van der Waals surface area (Å²) in [6, 6.07) is 2.07. The molecule has 0 fully saturated rings. The molecule has 0 atom stereocenters. The molecule has 0 radical (unpaired) electrons. The van der Waals surface area contributed by atoms with Crippen molar-refractivity contribution >= 4 is 33.8 Å². The molecule has 0 spiro atoms. The van der Waals surface area contributed by atoms with Gasteiger partial charge >= 0.3 is 5.97 Å². The lowest BCUT2D eigenvalue weighted by Crippen LogP contribution is -2.18. The molecule has 108 valence electrons. The van der Waals surface area contributed by atoms with E-state index in [1.165, 1.54) is 16.9 Å². The number of thiazole rings is 1. The molecule has 0 unspecified atom stereocenters. The topological polar surface area (TPSA) is 53.4 Å². The zero-order valence-electron chi connectivity index (χ0n) is 12.0. The Morgan fingerprint density at radius 1 is 1.45 bits per heavy atom. The lowest BCUT2D eigenvalue weighted by Gasteiger charge is -2.17. The number of hydrogen-bond acceptors (Lipinski definition) is 5. The van der Waals surface area contributed by atoms with Crippen molar-refractivity contribution in [3.63, 3.8) is 0 Å². The van der Waals surface area contributed by atoms with Gasteiger partial charge in [0.1, 0.15) is 4.88 Å². The van der Waals surface area contributed by atoms with E-state index >= 15 is 0 Å². The number of carbonyl (C=O) groups is 1. The molecule has 0 saturated heterocycles. The summed E-state index contributed by atoms with van der Waals surface area (Å²) in [4.78, 5) is 18.3. The van der Waals surface area contributed by atoms with Crippen LogP contribution in [-0.2, 0) is 12.0 Å². The Balaban J connectivity index is 2.31. The summed E-state index contributed by atoms with van der Waals surface area (Å²) in [5.41, 5.74) is 1.59. The van der Waals surface area contributed by atoms with Gasteiger partial charge in [-0.2, -0.15) is 11.3 Å². The van der Waals surface area contributed by atoms with E-state index in [1.807, 2.05) is 38.1 Å². The summed E-state index contributed by atoms with van der Waals surface area (Å²) in [5.74, 6) is -0.900. The summed E-state index contributed by atoms with van der Waals surface area (Å²) in [6.45, 7) is 6.69. The number of anilines is 1. The largest absolute Gasteiger partial charge is 0.477 e. The molecule has 4 nitrogen and oxygen atoms in total. The maximum atomic E-state index is 11.4. The molecular weight excluding hydrogens is 292 g/mol. The second kappa shape index (κ2) is 5.54. The van der Waals surface area contributed by atoms with Crippen LogP contribution in [0.1, 0.15) is 41.7 Å². The van der Waals surface area contributed by atoms with Gasteiger partial charge in [-0.25, -0.2) is 9.78 Å². The van der Waals surface area contributed by atoms with Crippen molar-refractivity contribution in [2.75, 3.05) is 11.9 Å². The lowest BCUT2D eigenvalue weighted by molar-refractivity contribution is 0.0699. The second-order valence-corrected chi connectivity index (χ2v) is 7.47. The van der Waals surface area contributed by atoms with E-state index in [9.17, 15) is 9.90 Å². The van der Waals surface area contributed by atoms with Gasteiger partial charge in [-0.3, -0.25) is 0 Å². The second-order valence-electron chi connectivity index (χ2n) is 5.72. The Hall–Kier alpha value is -1.40. The van der Waals surface area contributed by atoms with Gasteiger partial charge in [0.25, 0.3) is 0 Å². The lowest BCUT2D eigenvalue weighted by atomic mass is 9.91. The molecular formula is C14H18N2O2S2. The summed E-state index contributed by atoms with van der Waals surface area (Å²) in [5, 5.41) is 14.2. The summed E-state index contributed by atoms with van der Waals surface area (Å²) >= 11 is 2.90. The molecule has 2 aromatic rings. The van der Waals surface area contributed by atoms with Crippen molar-refractivity contribution in [3.05, 3.63) is 33.0 Å². The third-order valence-corrected chi connectivity index (χ3v) is 4.74. The van der Waals surface area contributed by atoms with Crippen molar-refractivity contribution in [3.8, 4) is 0 Å². The van der Waals surface area contributed by atoms with Crippen molar-refractivity contribution < 1.29 is 9.90 Å². The number of hydrogen-bond donors (Lipinski definition) is 1. The predicted octanol–water partition coefficient (Wildman–Crippen LogP) is 3.84. The fraction of sp³-hybridized carbons (Fsp3) is 0.429. The molecule has 0 bridgehead atoms. The van der Waals surface area contributed by atoms with Gasteiger partial charge in [0.15, 0.2) is 5.13 Å². The number of thiophene rings is 1. The van der Waals surface area contributed by atoms with Crippen molar-refractivity contribution in [1.29, 1.82) is 0 Å². The number of carboxylic acid groups (broad SMARTS) is 1. The van der Waals surface area contributed by atoms with Crippen LogP contribution in [-0.4, -0.2) is 23.1 Å². The molecule has 0 saturated carbocycles. The van der Waals surface area contributed by atoms with Gasteiger partial charge < -0.3 is 10.0 Å². The third-order valence-electron chi connectivity index (χ3n) is 2.85. The molecule has 0 amide bonds. The van der Waals surface area contributed by atoms with Crippen LogP contribution in [0.4, 0.5) is 5.13 Å². The van der Waals surface area contributed by atoms with E-state index in [0.29, 0.717) is 10.6 Å². The average molecular weight is 310 g/mol. The van der Waals surface area contributed by atoms with Gasteiger partial charge in [0.2, 0.25) is 0 Å². The molecule has 0 aliphatic heterocycles. The van der Waals surface area contributed by atoms with E-state index in [1.54, 1.807) is 11.3 Å². The molecule has 2 aromatic heterocycles. The Morgan fingerprint density at radius 2 is 2.15 bits per heavy atom. The number of carboxylic acids is 1. The van der Waals surface area contributed by atoms with Gasteiger partial charge in [0, 0.05) is 19.0 Å². The van der Waals surface area contributed by atoms with Crippen LogP contribution < -0.4 is 4.90 Å². The van der Waals surface area contributed by atoms with Crippen LogP contribution in [0.3, 0.4) is 0 Å². The van der Waals surface area contributed by atoms with Crippen LogP contribution in [0.2, 0.25) is 0 Å². The standard InChI is InChI=1S/C14H18N2O2S2/c1-14(2,3)11-10(12(17)18)20-13(15-11)16(4)7-9-5-6-19-8-9/h5-6,8H,7H2,1-4H3,(H,17,18). The molecule has 0 aliphatic rings. The first kappa shape index (κ1) is 15.0. The minimum absolute atomic E-state index is 0.272. The highest BCUT2D eigenvalue weighted by molar-refractivity contribution is 7.17. The first-order valence-electron chi connectivity index (χ1n) is 6.26. The molecule has 2 rings (SSSR count). The van der Waals surface area contributed by atoms with Gasteiger partial charge in [-0.1, -0.05) is 32.1 Å². The van der Waals surface area contributed by atoms with Crippen molar-refractivity contribution in [2.24, 2.45) is 0 Å². The SMILES string of the molecule is CN(Cc1ccsc1)c1nc(C(C)(C)C)c(C(=O)O)s1. The Kier molecular flexibility index (Phi) is 4.15. The Labute approximate surface area is 126 Å². The number of nitrogens with zero attached hydrogens (tertiary/aromatic N) is 2. The highest BCUT2D eigenvalue weighted by atomic mass is 32.1. The van der Waals surface area contributed by atoms with Crippen LogP contribution in [0.5, 0.6) is 0 Å². The fourth-order valence-corrected chi connectivity index (χ4v) is 3.59. The number of rotatable bonds is 4. The van der Waals surface area contributed by atoms with E-state index in [2.05, 4.69) is 16.4 Å². The highest BCUT2D eigenvalue weighted by Gasteiger charge is 2.27. The fourth-order valence-electron chi connectivity index (χ4n) is 1.85. The van der Waals surface area contributed by atoms with E-state index in [4.69, 9.17) is 0 Å². The van der Waals surface area contributed by atoms with E-state index in [-0.39, 0.29) is 5.41 Å². The van der Waals surface area contributed by atoms with Crippen molar-refractivity contribution in [2.45, 2.75) is 32.7 Å². The molecule has 0 aromatic carbocycles. The summed E-state index contributed by atoms with van der Waals surface area (Å²) < 4.78 is 0. The first-order valence-corrected chi connectivity index (χ1v) is 8.02. The van der Waals surface area contributed by atoms with Gasteiger partial charge in [-0.05, 0) is 22.4 Å². The van der Waals surface area contributed by atoms with Gasteiger partial charge in [-0.15, -0.1) is 0 Å². The smallest absolute Gasteiger partial charge is 0.347 e. The molecule has 20 heavy (non-hydrogen) atoms. The average Bonchev–Trinajstić information content (AvgIpc) is 2.95.